The monoisotopic (exact) mass is 417 g/mol. The lowest BCUT2D eigenvalue weighted by Crippen LogP contribution is -2.13. The summed E-state index contributed by atoms with van der Waals surface area (Å²) >= 11 is 0. The van der Waals surface area contributed by atoms with Gasteiger partial charge in [0.2, 0.25) is 0 Å². The van der Waals surface area contributed by atoms with Crippen molar-refractivity contribution in [2.24, 2.45) is 0 Å². The molecule has 0 aliphatic carbocycles. The molecule has 1 heterocycles. The second kappa shape index (κ2) is 8.83. The zero-order valence-corrected chi connectivity index (χ0v) is 17.6. The average Bonchev–Trinajstić information content (AvgIpc) is 3.19. The molecule has 31 heavy (non-hydrogen) atoms. The largest absolute Gasteiger partial charge is 0.497 e. The molecule has 0 saturated carbocycles. The average molecular weight is 417 g/mol. The van der Waals surface area contributed by atoms with Crippen molar-refractivity contribution in [3.63, 3.8) is 0 Å². The summed E-state index contributed by atoms with van der Waals surface area (Å²) in [5.41, 5.74) is 2.37. The predicted octanol–water partition coefficient (Wildman–Crippen LogP) is 5.77. The number of rotatable bonds is 7. The van der Waals surface area contributed by atoms with Crippen LogP contribution in [-0.2, 0) is 0 Å². The van der Waals surface area contributed by atoms with E-state index in [4.69, 9.17) is 18.6 Å². The van der Waals surface area contributed by atoms with E-state index in [2.05, 4.69) is 5.32 Å². The van der Waals surface area contributed by atoms with Crippen LogP contribution in [0.4, 0.5) is 5.69 Å². The molecule has 0 saturated heterocycles. The van der Waals surface area contributed by atoms with Gasteiger partial charge < -0.3 is 23.9 Å². The number of nitrogens with one attached hydrogen (secondary N) is 1. The summed E-state index contributed by atoms with van der Waals surface area (Å²) in [6.45, 7) is 2.39. The molecule has 3 aromatic carbocycles. The SMILES string of the molecule is CCOc1ccccc1NC(=O)c1c(-c2ccc(OC)cc2)oc2ccc(OC)cc12. The fourth-order valence-corrected chi connectivity index (χ4v) is 3.41. The van der Waals surface area contributed by atoms with E-state index in [1.165, 1.54) is 0 Å². The third-order valence-corrected chi connectivity index (χ3v) is 4.91. The first-order valence-corrected chi connectivity index (χ1v) is 9.92. The van der Waals surface area contributed by atoms with E-state index in [1.54, 1.807) is 38.5 Å². The highest BCUT2D eigenvalue weighted by Gasteiger charge is 2.23. The molecule has 0 radical (unpaired) electrons. The lowest BCUT2D eigenvalue weighted by Gasteiger charge is -2.11. The molecule has 1 amide bonds. The first-order valence-electron chi connectivity index (χ1n) is 9.92. The number of carbonyl (C=O) groups excluding carboxylic acids is 1. The molecule has 1 aromatic heterocycles. The molecule has 6 nitrogen and oxygen atoms in total. The first kappa shape index (κ1) is 20.3. The first-order chi connectivity index (χ1) is 15.1. The number of fused-ring (bicyclic) bond motifs is 1. The van der Waals surface area contributed by atoms with Gasteiger partial charge in [-0.1, -0.05) is 12.1 Å². The van der Waals surface area contributed by atoms with Gasteiger partial charge in [-0.25, -0.2) is 0 Å². The van der Waals surface area contributed by atoms with Gasteiger partial charge in [-0.2, -0.15) is 0 Å². The van der Waals surface area contributed by atoms with Crippen LogP contribution in [0.15, 0.2) is 71.1 Å². The molecule has 158 valence electrons. The van der Waals surface area contributed by atoms with E-state index >= 15 is 0 Å². The molecule has 0 fully saturated rings. The number of hydrogen-bond donors (Lipinski definition) is 1. The van der Waals surface area contributed by atoms with Gasteiger partial charge in [-0.15, -0.1) is 0 Å². The number of furan rings is 1. The maximum atomic E-state index is 13.5. The topological polar surface area (TPSA) is 69.9 Å². The Bertz CT molecular complexity index is 1210. The number of amides is 1. The van der Waals surface area contributed by atoms with Crippen molar-refractivity contribution in [2.75, 3.05) is 26.1 Å². The minimum Gasteiger partial charge on any atom is -0.497 e. The number of methoxy groups -OCH3 is 2. The summed E-state index contributed by atoms with van der Waals surface area (Å²) in [5.74, 6) is 2.13. The molecule has 4 rings (SSSR count). The summed E-state index contributed by atoms with van der Waals surface area (Å²) in [6, 6.07) is 20.1. The van der Waals surface area contributed by atoms with E-state index < -0.39 is 0 Å². The summed E-state index contributed by atoms with van der Waals surface area (Å²) in [6.07, 6.45) is 0. The summed E-state index contributed by atoms with van der Waals surface area (Å²) in [7, 11) is 3.20. The van der Waals surface area contributed by atoms with Crippen LogP contribution in [0.1, 0.15) is 17.3 Å². The van der Waals surface area contributed by atoms with Gasteiger partial charge in [0.05, 0.1) is 32.1 Å². The Kier molecular flexibility index (Phi) is 5.80. The standard InChI is InChI=1S/C25H23NO5/c1-4-30-22-8-6-5-7-20(22)26-25(27)23-19-15-18(29-3)13-14-21(19)31-24(23)16-9-11-17(28-2)12-10-16/h5-15H,4H2,1-3H3,(H,26,27). The number of carbonyl (C=O) groups is 1. The van der Waals surface area contributed by atoms with Crippen molar-refractivity contribution in [2.45, 2.75) is 6.92 Å². The highest BCUT2D eigenvalue weighted by Crippen LogP contribution is 2.37. The lowest BCUT2D eigenvalue weighted by atomic mass is 10.0. The zero-order chi connectivity index (χ0) is 21.8. The van der Waals surface area contributed by atoms with Crippen LogP contribution >= 0.6 is 0 Å². The molecule has 0 spiro atoms. The molecule has 0 bridgehead atoms. The molecule has 4 aromatic rings. The number of ether oxygens (including phenoxy) is 3. The van der Waals surface area contributed by atoms with Gasteiger partial charge in [0.1, 0.15) is 28.6 Å². The molecule has 0 unspecified atom stereocenters. The second-order valence-electron chi connectivity index (χ2n) is 6.78. The fourth-order valence-electron chi connectivity index (χ4n) is 3.41. The van der Waals surface area contributed by atoms with Crippen molar-refractivity contribution >= 4 is 22.6 Å². The van der Waals surface area contributed by atoms with Crippen molar-refractivity contribution in [3.8, 4) is 28.6 Å². The van der Waals surface area contributed by atoms with Crippen LogP contribution < -0.4 is 19.5 Å². The number of hydrogen-bond acceptors (Lipinski definition) is 5. The van der Waals surface area contributed by atoms with Crippen LogP contribution in [0.25, 0.3) is 22.3 Å². The molecule has 0 atom stereocenters. The van der Waals surface area contributed by atoms with E-state index in [1.807, 2.05) is 49.4 Å². The molecule has 0 aliphatic heterocycles. The Morgan fingerprint density at radius 2 is 1.65 bits per heavy atom. The highest BCUT2D eigenvalue weighted by molar-refractivity contribution is 6.17. The van der Waals surface area contributed by atoms with Crippen molar-refractivity contribution in [3.05, 3.63) is 72.3 Å². The lowest BCUT2D eigenvalue weighted by molar-refractivity contribution is 0.102. The Morgan fingerprint density at radius 3 is 2.35 bits per heavy atom. The van der Waals surface area contributed by atoms with Crippen LogP contribution in [-0.4, -0.2) is 26.7 Å². The highest BCUT2D eigenvalue weighted by atomic mass is 16.5. The van der Waals surface area contributed by atoms with Gasteiger partial charge in [0, 0.05) is 10.9 Å². The third-order valence-electron chi connectivity index (χ3n) is 4.91. The van der Waals surface area contributed by atoms with Crippen molar-refractivity contribution in [1.82, 2.24) is 0 Å². The number of anilines is 1. The van der Waals surface area contributed by atoms with E-state index in [-0.39, 0.29) is 5.91 Å². The number of para-hydroxylation sites is 2. The van der Waals surface area contributed by atoms with E-state index in [0.29, 0.717) is 46.1 Å². The van der Waals surface area contributed by atoms with Crippen LogP contribution in [0, 0.1) is 0 Å². The fraction of sp³-hybridized carbons (Fsp3) is 0.160. The molecule has 0 aliphatic rings. The smallest absolute Gasteiger partial charge is 0.260 e. The second-order valence-corrected chi connectivity index (χ2v) is 6.78. The summed E-state index contributed by atoms with van der Waals surface area (Å²) in [4.78, 5) is 13.5. The zero-order valence-electron chi connectivity index (χ0n) is 17.6. The van der Waals surface area contributed by atoms with Gasteiger partial charge >= 0.3 is 0 Å². The summed E-state index contributed by atoms with van der Waals surface area (Å²) in [5, 5.41) is 3.63. The minimum absolute atomic E-state index is 0.301. The van der Waals surface area contributed by atoms with Gasteiger partial charge in [0.15, 0.2) is 0 Å². The predicted molar refractivity (Wildman–Crippen MR) is 120 cm³/mol. The third kappa shape index (κ3) is 4.05. The van der Waals surface area contributed by atoms with Crippen molar-refractivity contribution < 1.29 is 23.4 Å². The molecule has 6 heteroatoms. The van der Waals surface area contributed by atoms with Gasteiger partial charge in [-0.05, 0) is 61.5 Å². The maximum Gasteiger partial charge on any atom is 0.260 e. The van der Waals surface area contributed by atoms with Crippen molar-refractivity contribution in [1.29, 1.82) is 0 Å². The normalized spacial score (nSPS) is 10.7. The van der Waals surface area contributed by atoms with E-state index in [9.17, 15) is 4.79 Å². The van der Waals surface area contributed by atoms with Crippen LogP contribution in [0.2, 0.25) is 0 Å². The molecular formula is C25H23NO5. The van der Waals surface area contributed by atoms with Gasteiger partial charge in [0.25, 0.3) is 5.91 Å². The van der Waals surface area contributed by atoms with Crippen LogP contribution in [0.5, 0.6) is 17.2 Å². The molecular weight excluding hydrogens is 394 g/mol. The quantitative estimate of drug-likeness (QED) is 0.413. The van der Waals surface area contributed by atoms with Crippen LogP contribution in [0.3, 0.4) is 0 Å². The Morgan fingerprint density at radius 1 is 0.935 bits per heavy atom. The molecule has 1 N–H and O–H groups in total. The minimum atomic E-state index is -0.301. The Labute approximate surface area is 180 Å². The Hall–Kier alpha value is -3.93. The maximum absolute atomic E-state index is 13.5. The van der Waals surface area contributed by atoms with E-state index in [0.717, 1.165) is 11.3 Å². The Balaban J connectivity index is 1.83. The van der Waals surface area contributed by atoms with Gasteiger partial charge in [-0.3, -0.25) is 4.79 Å². The summed E-state index contributed by atoms with van der Waals surface area (Å²) < 4.78 is 22.4. The number of benzene rings is 3.